The first-order chi connectivity index (χ1) is 9.19. The minimum Gasteiger partial charge on any atom is -0.337 e. The highest BCUT2D eigenvalue weighted by molar-refractivity contribution is 4.99. The normalized spacial score (nSPS) is 11.4. The first-order valence-electron chi connectivity index (χ1n) is 6.73. The summed E-state index contributed by atoms with van der Waals surface area (Å²) in [5, 5.41) is 7.27. The van der Waals surface area contributed by atoms with Gasteiger partial charge in [0.15, 0.2) is 5.82 Å². The Balaban J connectivity index is 1.91. The van der Waals surface area contributed by atoms with E-state index >= 15 is 0 Å². The standard InChI is InChI=1S/C13H21N5O/c1-4-5-14-6-11-7-18(9-15-11)8-12-16-13(10(2)3)17-19-12/h7,9-10,14H,4-6,8H2,1-3H3. The molecule has 0 fully saturated rings. The van der Waals surface area contributed by atoms with E-state index in [0.717, 1.165) is 31.0 Å². The SMILES string of the molecule is CCCNCc1cn(Cc2nc(C(C)C)no2)cn1. The van der Waals surface area contributed by atoms with Crippen LogP contribution in [0.15, 0.2) is 17.0 Å². The van der Waals surface area contributed by atoms with E-state index < -0.39 is 0 Å². The lowest BCUT2D eigenvalue weighted by Gasteiger charge is -1.98. The molecule has 104 valence electrons. The second-order valence-corrected chi connectivity index (χ2v) is 4.92. The molecule has 19 heavy (non-hydrogen) atoms. The molecule has 2 aromatic heterocycles. The van der Waals surface area contributed by atoms with Gasteiger partial charge < -0.3 is 14.4 Å². The number of nitrogens with one attached hydrogen (secondary N) is 1. The van der Waals surface area contributed by atoms with E-state index in [-0.39, 0.29) is 5.92 Å². The first-order valence-corrected chi connectivity index (χ1v) is 6.73. The van der Waals surface area contributed by atoms with Gasteiger partial charge in [0.1, 0.15) is 6.54 Å². The molecule has 0 amide bonds. The van der Waals surface area contributed by atoms with Crippen LogP contribution in [0.2, 0.25) is 0 Å². The molecule has 2 heterocycles. The molecule has 6 nitrogen and oxygen atoms in total. The van der Waals surface area contributed by atoms with Crippen LogP contribution in [-0.2, 0) is 13.1 Å². The summed E-state index contributed by atoms with van der Waals surface area (Å²) in [5.74, 6) is 1.66. The lowest BCUT2D eigenvalue weighted by atomic mass is 10.2. The van der Waals surface area contributed by atoms with Crippen molar-refractivity contribution < 1.29 is 4.52 Å². The molecular weight excluding hydrogens is 242 g/mol. The zero-order chi connectivity index (χ0) is 13.7. The summed E-state index contributed by atoms with van der Waals surface area (Å²) >= 11 is 0. The number of aromatic nitrogens is 4. The molecule has 0 unspecified atom stereocenters. The Morgan fingerprint density at radius 1 is 1.42 bits per heavy atom. The summed E-state index contributed by atoms with van der Waals surface area (Å²) in [4.78, 5) is 8.68. The van der Waals surface area contributed by atoms with Crippen molar-refractivity contribution >= 4 is 0 Å². The highest BCUT2D eigenvalue weighted by atomic mass is 16.5. The molecule has 0 aliphatic rings. The Bertz CT molecular complexity index is 503. The predicted molar refractivity (Wildman–Crippen MR) is 71.7 cm³/mol. The number of nitrogens with zero attached hydrogens (tertiary/aromatic N) is 4. The minimum absolute atomic E-state index is 0.286. The third kappa shape index (κ3) is 3.89. The van der Waals surface area contributed by atoms with Crippen molar-refractivity contribution in [2.45, 2.75) is 46.2 Å². The van der Waals surface area contributed by atoms with E-state index in [2.05, 4.69) is 27.4 Å². The van der Waals surface area contributed by atoms with E-state index in [1.807, 2.05) is 24.6 Å². The molecule has 0 aromatic carbocycles. The molecule has 2 rings (SSSR count). The monoisotopic (exact) mass is 263 g/mol. The fraction of sp³-hybridized carbons (Fsp3) is 0.615. The highest BCUT2D eigenvalue weighted by Crippen LogP contribution is 2.10. The average Bonchev–Trinajstić information content (AvgIpc) is 3.00. The van der Waals surface area contributed by atoms with Crippen molar-refractivity contribution in [1.82, 2.24) is 25.0 Å². The van der Waals surface area contributed by atoms with Crippen molar-refractivity contribution in [3.05, 3.63) is 29.9 Å². The van der Waals surface area contributed by atoms with E-state index in [1.54, 1.807) is 6.33 Å². The third-order valence-corrected chi connectivity index (χ3v) is 2.74. The van der Waals surface area contributed by atoms with Crippen LogP contribution in [0.1, 0.15) is 50.5 Å². The van der Waals surface area contributed by atoms with Gasteiger partial charge in [0, 0.05) is 18.7 Å². The summed E-state index contributed by atoms with van der Waals surface area (Å²) < 4.78 is 7.17. The fourth-order valence-electron chi connectivity index (χ4n) is 1.70. The summed E-state index contributed by atoms with van der Waals surface area (Å²) in [5.41, 5.74) is 1.03. The van der Waals surface area contributed by atoms with Crippen molar-refractivity contribution in [3.63, 3.8) is 0 Å². The van der Waals surface area contributed by atoms with Gasteiger partial charge in [-0.05, 0) is 13.0 Å². The Kier molecular flexibility index (Phi) is 4.68. The maximum Gasteiger partial charge on any atom is 0.246 e. The van der Waals surface area contributed by atoms with E-state index in [1.165, 1.54) is 0 Å². The minimum atomic E-state index is 0.286. The molecule has 0 atom stereocenters. The molecule has 0 bridgehead atoms. The molecule has 0 aliphatic carbocycles. The van der Waals surface area contributed by atoms with Gasteiger partial charge >= 0.3 is 0 Å². The maximum atomic E-state index is 5.21. The largest absolute Gasteiger partial charge is 0.337 e. The van der Waals surface area contributed by atoms with Gasteiger partial charge in [-0.15, -0.1) is 0 Å². The van der Waals surface area contributed by atoms with Gasteiger partial charge in [0.25, 0.3) is 0 Å². The maximum absolute atomic E-state index is 5.21. The van der Waals surface area contributed by atoms with E-state index in [4.69, 9.17) is 4.52 Å². The number of hydrogen-bond acceptors (Lipinski definition) is 5. The molecular formula is C13H21N5O. The predicted octanol–water partition coefficient (Wildman–Crippen LogP) is 1.94. The van der Waals surface area contributed by atoms with Gasteiger partial charge in [-0.2, -0.15) is 4.98 Å². The molecule has 0 radical (unpaired) electrons. The average molecular weight is 263 g/mol. The Hall–Kier alpha value is -1.69. The molecule has 6 heteroatoms. The molecule has 0 saturated carbocycles. The summed E-state index contributed by atoms with van der Waals surface area (Å²) in [6, 6.07) is 0. The fourth-order valence-corrected chi connectivity index (χ4v) is 1.70. The lowest BCUT2D eigenvalue weighted by molar-refractivity contribution is 0.364. The third-order valence-electron chi connectivity index (χ3n) is 2.74. The quantitative estimate of drug-likeness (QED) is 0.773. The summed E-state index contributed by atoms with van der Waals surface area (Å²) in [6.45, 7) is 8.61. The van der Waals surface area contributed by atoms with Gasteiger partial charge in [0.2, 0.25) is 5.89 Å². The first kappa shape index (κ1) is 13.7. The van der Waals surface area contributed by atoms with Crippen LogP contribution in [0.25, 0.3) is 0 Å². The smallest absolute Gasteiger partial charge is 0.246 e. The number of hydrogen-bond donors (Lipinski definition) is 1. The van der Waals surface area contributed by atoms with Gasteiger partial charge in [-0.1, -0.05) is 25.9 Å². The van der Waals surface area contributed by atoms with Crippen molar-refractivity contribution in [3.8, 4) is 0 Å². The van der Waals surface area contributed by atoms with Crippen LogP contribution in [-0.4, -0.2) is 26.2 Å². The summed E-state index contributed by atoms with van der Waals surface area (Å²) in [7, 11) is 0. The van der Waals surface area contributed by atoms with Crippen LogP contribution in [0.4, 0.5) is 0 Å². The lowest BCUT2D eigenvalue weighted by Crippen LogP contribution is -2.13. The van der Waals surface area contributed by atoms with Crippen LogP contribution in [0, 0.1) is 0 Å². The van der Waals surface area contributed by atoms with E-state index in [9.17, 15) is 0 Å². The number of rotatable bonds is 7. The molecule has 1 N–H and O–H groups in total. The van der Waals surface area contributed by atoms with Crippen molar-refractivity contribution in [1.29, 1.82) is 0 Å². The Morgan fingerprint density at radius 2 is 2.26 bits per heavy atom. The van der Waals surface area contributed by atoms with Crippen LogP contribution >= 0.6 is 0 Å². The van der Waals surface area contributed by atoms with Crippen molar-refractivity contribution in [2.24, 2.45) is 0 Å². The number of imidazole rings is 1. The van der Waals surface area contributed by atoms with Gasteiger partial charge in [-0.25, -0.2) is 4.98 Å². The summed E-state index contributed by atoms with van der Waals surface area (Å²) in [6.07, 6.45) is 4.92. The van der Waals surface area contributed by atoms with E-state index in [0.29, 0.717) is 12.4 Å². The Labute approximate surface area is 113 Å². The highest BCUT2D eigenvalue weighted by Gasteiger charge is 2.10. The zero-order valence-corrected chi connectivity index (χ0v) is 11.8. The van der Waals surface area contributed by atoms with Crippen molar-refractivity contribution in [2.75, 3.05) is 6.54 Å². The topological polar surface area (TPSA) is 68.8 Å². The second-order valence-electron chi connectivity index (χ2n) is 4.92. The second kappa shape index (κ2) is 6.47. The molecule has 0 spiro atoms. The Morgan fingerprint density at radius 3 is 2.95 bits per heavy atom. The van der Waals surface area contributed by atoms with Crippen LogP contribution < -0.4 is 5.32 Å². The molecule has 0 aliphatic heterocycles. The van der Waals surface area contributed by atoms with Crippen LogP contribution in [0.3, 0.4) is 0 Å². The zero-order valence-electron chi connectivity index (χ0n) is 11.8. The van der Waals surface area contributed by atoms with Gasteiger partial charge in [0.05, 0.1) is 12.0 Å². The molecule has 0 saturated heterocycles. The van der Waals surface area contributed by atoms with Crippen LogP contribution in [0.5, 0.6) is 0 Å². The van der Waals surface area contributed by atoms with Gasteiger partial charge in [-0.3, -0.25) is 0 Å². The molecule has 2 aromatic rings.